The molecule has 3 rings (SSSR count). The maximum Gasteiger partial charge on any atom is 0.295 e. The van der Waals surface area contributed by atoms with Crippen molar-refractivity contribution in [2.75, 3.05) is 33.8 Å². The average Bonchev–Trinajstić information content (AvgIpc) is 2.99. The Hall–Kier alpha value is -3.12. The Labute approximate surface area is 190 Å². The van der Waals surface area contributed by atoms with Crippen LogP contribution in [0.2, 0.25) is 0 Å². The van der Waals surface area contributed by atoms with Crippen molar-refractivity contribution in [1.82, 2.24) is 9.80 Å². The van der Waals surface area contributed by atoms with Gasteiger partial charge in [0.05, 0.1) is 18.2 Å². The molecule has 0 unspecified atom stereocenters. The fourth-order valence-corrected chi connectivity index (χ4v) is 4.07. The monoisotopic (exact) mass is 436 g/mol. The van der Waals surface area contributed by atoms with E-state index >= 15 is 0 Å². The zero-order valence-electron chi connectivity index (χ0n) is 19.5. The van der Waals surface area contributed by atoms with Gasteiger partial charge < -0.3 is 19.6 Å². The highest BCUT2D eigenvalue weighted by atomic mass is 16.5. The molecule has 170 valence electrons. The van der Waals surface area contributed by atoms with E-state index in [1.54, 1.807) is 17.0 Å². The molecule has 0 bridgehead atoms. The minimum Gasteiger partial charge on any atom is -0.507 e. The van der Waals surface area contributed by atoms with Crippen LogP contribution in [0.4, 0.5) is 0 Å². The second-order valence-corrected chi connectivity index (χ2v) is 8.47. The summed E-state index contributed by atoms with van der Waals surface area (Å²) in [7, 11) is 3.94. The highest BCUT2D eigenvalue weighted by Crippen LogP contribution is 2.40. The van der Waals surface area contributed by atoms with Crippen LogP contribution in [0.1, 0.15) is 41.6 Å². The number of aliphatic hydroxyl groups excluding tert-OH is 1. The molecule has 1 N–H and O–H groups in total. The Kier molecular flexibility index (Phi) is 7.36. The van der Waals surface area contributed by atoms with Gasteiger partial charge >= 0.3 is 0 Å². The molecule has 1 atom stereocenters. The number of aliphatic hydroxyl groups is 1. The number of nitrogens with zero attached hydrogens (tertiary/aromatic N) is 2. The number of Topliss-reactive ketones (excluding diaryl/α,β-unsaturated/α-hetero) is 1. The van der Waals surface area contributed by atoms with E-state index in [1.165, 1.54) is 0 Å². The Bertz CT molecular complexity index is 1020. The lowest BCUT2D eigenvalue weighted by molar-refractivity contribution is -0.139. The lowest BCUT2D eigenvalue weighted by Crippen LogP contribution is -2.32. The predicted molar refractivity (Wildman–Crippen MR) is 126 cm³/mol. The SMILES string of the molecule is CCOc1ccc(C(O)=C2C(=O)C(=O)N(CCCN(C)C)[C@@H]2c2ccc(C)cc2)c(C)c1. The number of likely N-dealkylation sites (tertiary alicyclic amines) is 1. The van der Waals surface area contributed by atoms with Gasteiger partial charge in [0.2, 0.25) is 0 Å². The minimum absolute atomic E-state index is 0.135. The van der Waals surface area contributed by atoms with Gasteiger partial charge in [-0.05, 0) is 77.2 Å². The van der Waals surface area contributed by atoms with Crippen molar-refractivity contribution < 1.29 is 19.4 Å². The third kappa shape index (κ3) is 4.86. The summed E-state index contributed by atoms with van der Waals surface area (Å²) in [5, 5.41) is 11.3. The molecule has 0 spiro atoms. The van der Waals surface area contributed by atoms with Gasteiger partial charge in [0.25, 0.3) is 11.7 Å². The first-order valence-electron chi connectivity index (χ1n) is 11.0. The molecule has 6 heteroatoms. The molecule has 0 aromatic heterocycles. The van der Waals surface area contributed by atoms with Gasteiger partial charge in [-0.3, -0.25) is 9.59 Å². The number of aryl methyl sites for hydroxylation is 2. The zero-order chi connectivity index (χ0) is 23.4. The molecule has 2 aromatic rings. The van der Waals surface area contributed by atoms with Crippen LogP contribution in [0.5, 0.6) is 5.75 Å². The van der Waals surface area contributed by atoms with E-state index in [4.69, 9.17) is 4.74 Å². The zero-order valence-corrected chi connectivity index (χ0v) is 19.5. The van der Waals surface area contributed by atoms with Gasteiger partial charge in [-0.15, -0.1) is 0 Å². The first-order chi connectivity index (χ1) is 15.2. The van der Waals surface area contributed by atoms with Gasteiger partial charge in [-0.25, -0.2) is 0 Å². The van der Waals surface area contributed by atoms with E-state index in [1.807, 2.05) is 70.1 Å². The van der Waals surface area contributed by atoms with Gasteiger partial charge in [0.15, 0.2) is 0 Å². The van der Waals surface area contributed by atoms with E-state index in [9.17, 15) is 14.7 Å². The molecule has 32 heavy (non-hydrogen) atoms. The largest absolute Gasteiger partial charge is 0.507 e. The van der Waals surface area contributed by atoms with Crippen molar-refractivity contribution in [3.05, 3.63) is 70.3 Å². The fourth-order valence-electron chi connectivity index (χ4n) is 4.07. The molecule has 6 nitrogen and oxygen atoms in total. The van der Waals surface area contributed by atoms with Crippen LogP contribution < -0.4 is 4.74 Å². The highest BCUT2D eigenvalue weighted by molar-refractivity contribution is 6.46. The third-order valence-electron chi connectivity index (χ3n) is 5.70. The molecular weight excluding hydrogens is 404 g/mol. The number of carbonyl (C=O) groups is 2. The summed E-state index contributed by atoms with van der Waals surface area (Å²) in [6.45, 7) is 7.51. The van der Waals surface area contributed by atoms with Crippen LogP contribution in [0.15, 0.2) is 48.0 Å². The number of carbonyl (C=O) groups excluding carboxylic acids is 2. The van der Waals surface area contributed by atoms with Crippen molar-refractivity contribution >= 4 is 17.4 Å². The van der Waals surface area contributed by atoms with Crippen LogP contribution in [-0.4, -0.2) is 60.4 Å². The summed E-state index contributed by atoms with van der Waals surface area (Å²) in [6, 6.07) is 12.5. The average molecular weight is 437 g/mol. The Morgan fingerprint density at radius 3 is 2.38 bits per heavy atom. The maximum absolute atomic E-state index is 13.1. The summed E-state index contributed by atoms with van der Waals surface area (Å²) in [6.07, 6.45) is 0.727. The van der Waals surface area contributed by atoms with Crippen molar-refractivity contribution in [1.29, 1.82) is 0 Å². The highest BCUT2D eigenvalue weighted by Gasteiger charge is 2.45. The van der Waals surface area contributed by atoms with Gasteiger partial charge in [-0.1, -0.05) is 29.8 Å². The lowest BCUT2D eigenvalue weighted by Gasteiger charge is -2.26. The molecule has 1 aliphatic rings. The second-order valence-electron chi connectivity index (χ2n) is 8.47. The fraction of sp³-hybridized carbons (Fsp3) is 0.385. The molecule has 1 heterocycles. The lowest BCUT2D eigenvalue weighted by atomic mass is 9.93. The summed E-state index contributed by atoms with van der Waals surface area (Å²) in [5.41, 5.74) is 3.33. The number of hydrogen-bond donors (Lipinski definition) is 1. The minimum atomic E-state index is -0.647. The number of amides is 1. The normalized spacial score (nSPS) is 17.9. The first kappa shape index (κ1) is 23.5. The van der Waals surface area contributed by atoms with Gasteiger partial charge in [0.1, 0.15) is 11.5 Å². The Morgan fingerprint density at radius 1 is 1.09 bits per heavy atom. The van der Waals surface area contributed by atoms with Crippen molar-refractivity contribution in [3.8, 4) is 5.75 Å². The first-order valence-corrected chi connectivity index (χ1v) is 11.0. The van der Waals surface area contributed by atoms with Crippen molar-refractivity contribution in [2.24, 2.45) is 0 Å². The summed E-state index contributed by atoms with van der Waals surface area (Å²) >= 11 is 0. The summed E-state index contributed by atoms with van der Waals surface area (Å²) in [5.74, 6) is -0.670. The van der Waals surface area contributed by atoms with Crippen LogP contribution in [0, 0.1) is 13.8 Å². The number of ketones is 1. The molecule has 1 amide bonds. The van der Waals surface area contributed by atoms with E-state index in [0.717, 1.165) is 29.7 Å². The standard InChI is InChI=1S/C26H32N2O4/c1-6-32-20-12-13-21(18(3)16-20)24(29)22-23(19-10-8-17(2)9-11-19)28(26(31)25(22)30)15-7-14-27(4)5/h8-13,16,23,29H,6-7,14-15H2,1-5H3/t23-/m1/s1. The van der Waals surface area contributed by atoms with E-state index in [2.05, 4.69) is 0 Å². The third-order valence-corrected chi connectivity index (χ3v) is 5.70. The summed E-state index contributed by atoms with van der Waals surface area (Å²) < 4.78 is 5.54. The Balaban J connectivity index is 2.09. The Morgan fingerprint density at radius 2 is 1.78 bits per heavy atom. The van der Waals surface area contributed by atoms with Crippen LogP contribution in [0.3, 0.4) is 0 Å². The molecule has 1 saturated heterocycles. The maximum atomic E-state index is 13.1. The van der Waals surface area contributed by atoms with E-state index < -0.39 is 17.7 Å². The van der Waals surface area contributed by atoms with Gasteiger partial charge in [-0.2, -0.15) is 0 Å². The molecule has 1 aliphatic heterocycles. The van der Waals surface area contributed by atoms with Crippen molar-refractivity contribution in [2.45, 2.75) is 33.2 Å². The number of rotatable bonds is 8. The molecule has 0 radical (unpaired) electrons. The smallest absolute Gasteiger partial charge is 0.295 e. The molecule has 0 saturated carbocycles. The number of ether oxygens (including phenoxy) is 1. The van der Waals surface area contributed by atoms with Crippen LogP contribution >= 0.6 is 0 Å². The topological polar surface area (TPSA) is 70.1 Å². The number of benzene rings is 2. The van der Waals surface area contributed by atoms with Crippen LogP contribution in [0.25, 0.3) is 5.76 Å². The van der Waals surface area contributed by atoms with Crippen LogP contribution in [-0.2, 0) is 9.59 Å². The molecule has 0 aliphatic carbocycles. The van der Waals surface area contributed by atoms with E-state index in [0.29, 0.717) is 24.5 Å². The van der Waals surface area contributed by atoms with Crippen molar-refractivity contribution in [3.63, 3.8) is 0 Å². The molecule has 1 fully saturated rings. The summed E-state index contributed by atoms with van der Waals surface area (Å²) in [4.78, 5) is 29.7. The molecule has 2 aromatic carbocycles. The number of hydrogen-bond acceptors (Lipinski definition) is 5. The van der Waals surface area contributed by atoms with Gasteiger partial charge in [0, 0.05) is 12.1 Å². The molecular formula is C26H32N2O4. The quantitative estimate of drug-likeness (QED) is 0.384. The predicted octanol–water partition coefficient (Wildman–Crippen LogP) is 4.08. The van der Waals surface area contributed by atoms with E-state index in [-0.39, 0.29) is 11.3 Å². The second kappa shape index (κ2) is 10.0.